The van der Waals surface area contributed by atoms with E-state index in [1.165, 1.54) is 6.92 Å². The molecule has 3 nitrogen and oxygen atoms in total. The summed E-state index contributed by atoms with van der Waals surface area (Å²) < 4.78 is 41.1. The minimum absolute atomic E-state index is 0.105. The Hall–Kier alpha value is -1.85. The summed E-state index contributed by atoms with van der Waals surface area (Å²) in [5.41, 5.74) is -1.10. The highest BCUT2D eigenvalue weighted by atomic mass is 19.4. The lowest BCUT2D eigenvalue weighted by Crippen LogP contribution is -2.39. The number of esters is 1. The molecule has 1 aromatic rings. The van der Waals surface area contributed by atoms with Gasteiger partial charge in [0.2, 0.25) is 0 Å². The van der Waals surface area contributed by atoms with Crippen LogP contribution < -0.4 is 0 Å². The maximum absolute atomic E-state index is 12.2. The first-order valence-electron chi connectivity index (χ1n) is 6.06. The highest BCUT2D eigenvalue weighted by Crippen LogP contribution is 2.27. The summed E-state index contributed by atoms with van der Waals surface area (Å²) in [4.78, 5) is 22.9. The predicted molar refractivity (Wildman–Crippen MR) is 66.2 cm³/mol. The summed E-state index contributed by atoms with van der Waals surface area (Å²) in [7, 11) is 0. The van der Waals surface area contributed by atoms with E-state index >= 15 is 0 Å². The number of Topliss-reactive ketones (excluding diaryl/α,β-unsaturated/α-hetero) is 1. The van der Waals surface area contributed by atoms with Crippen molar-refractivity contribution in [3.8, 4) is 0 Å². The van der Waals surface area contributed by atoms with Crippen molar-refractivity contribution in [3.63, 3.8) is 0 Å². The third kappa shape index (κ3) is 4.36. The van der Waals surface area contributed by atoms with Crippen molar-refractivity contribution in [2.45, 2.75) is 38.5 Å². The molecule has 0 radical (unpaired) electrons. The van der Waals surface area contributed by atoms with Crippen molar-refractivity contribution >= 4 is 11.8 Å². The average Bonchev–Trinajstić information content (AvgIpc) is 2.38. The van der Waals surface area contributed by atoms with Crippen LogP contribution in [0.15, 0.2) is 30.3 Å². The van der Waals surface area contributed by atoms with Gasteiger partial charge in [-0.25, -0.2) is 4.79 Å². The molecule has 0 spiro atoms. The van der Waals surface area contributed by atoms with Crippen molar-refractivity contribution in [3.05, 3.63) is 35.9 Å². The number of ether oxygens (including phenoxy) is 1. The van der Waals surface area contributed by atoms with Gasteiger partial charge >= 0.3 is 12.1 Å². The minimum atomic E-state index is -5.06. The zero-order chi connectivity index (χ0) is 15.4. The number of benzene rings is 1. The molecule has 20 heavy (non-hydrogen) atoms. The number of hydrogen-bond donors (Lipinski definition) is 0. The Morgan fingerprint density at radius 1 is 1.15 bits per heavy atom. The zero-order valence-corrected chi connectivity index (χ0v) is 11.2. The van der Waals surface area contributed by atoms with Crippen molar-refractivity contribution in [2.24, 2.45) is 0 Å². The quantitative estimate of drug-likeness (QED) is 0.615. The second-order valence-corrected chi connectivity index (χ2v) is 4.66. The van der Waals surface area contributed by atoms with Crippen molar-refractivity contribution in [1.82, 2.24) is 0 Å². The average molecular weight is 288 g/mol. The molecule has 0 heterocycles. The lowest BCUT2D eigenvalue weighted by Gasteiger charge is -2.28. The second-order valence-electron chi connectivity index (χ2n) is 4.66. The van der Waals surface area contributed by atoms with E-state index in [-0.39, 0.29) is 18.6 Å². The molecule has 0 aliphatic heterocycles. The van der Waals surface area contributed by atoms with E-state index in [0.29, 0.717) is 5.56 Å². The van der Waals surface area contributed by atoms with E-state index in [1.807, 2.05) is 0 Å². The minimum Gasteiger partial charge on any atom is -0.452 e. The number of carbonyl (C=O) groups is 2. The Bertz CT molecular complexity index is 482. The number of halogens is 3. The second kappa shape index (κ2) is 6.07. The van der Waals surface area contributed by atoms with E-state index in [1.54, 1.807) is 37.3 Å². The van der Waals surface area contributed by atoms with Crippen LogP contribution in [0.4, 0.5) is 13.2 Å². The van der Waals surface area contributed by atoms with Crippen LogP contribution in [0.2, 0.25) is 0 Å². The largest absolute Gasteiger partial charge is 0.490 e. The van der Waals surface area contributed by atoms with Gasteiger partial charge in [-0.1, -0.05) is 37.3 Å². The third-order valence-corrected chi connectivity index (χ3v) is 2.95. The first kappa shape index (κ1) is 16.2. The fraction of sp³-hybridized carbons (Fsp3) is 0.429. The van der Waals surface area contributed by atoms with Gasteiger partial charge in [0, 0.05) is 5.56 Å². The summed E-state index contributed by atoms with van der Waals surface area (Å²) in [6, 6.07) is 8.14. The van der Waals surface area contributed by atoms with Crippen LogP contribution in [0.5, 0.6) is 0 Å². The molecule has 0 saturated heterocycles. The van der Waals surface area contributed by atoms with Gasteiger partial charge in [-0.15, -0.1) is 0 Å². The Labute approximate surface area is 114 Å². The van der Waals surface area contributed by atoms with Crippen molar-refractivity contribution < 1.29 is 27.5 Å². The van der Waals surface area contributed by atoms with Crippen LogP contribution in [-0.2, 0) is 9.53 Å². The molecule has 0 amide bonds. The Morgan fingerprint density at radius 3 is 2.15 bits per heavy atom. The number of rotatable bonds is 5. The van der Waals surface area contributed by atoms with Crippen molar-refractivity contribution in [2.75, 3.05) is 0 Å². The van der Waals surface area contributed by atoms with E-state index in [2.05, 4.69) is 4.74 Å². The summed E-state index contributed by atoms with van der Waals surface area (Å²) >= 11 is 0. The summed E-state index contributed by atoms with van der Waals surface area (Å²) in [5, 5.41) is 0. The summed E-state index contributed by atoms with van der Waals surface area (Å²) in [5.74, 6) is -2.65. The van der Waals surface area contributed by atoms with Gasteiger partial charge in [-0.05, 0) is 13.3 Å². The highest BCUT2D eigenvalue weighted by molar-refractivity contribution is 5.96. The van der Waals surface area contributed by atoms with Crippen LogP contribution in [0.25, 0.3) is 0 Å². The third-order valence-electron chi connectivity index (χ3n) is 2.95. The van der Waals surface area contributed by atoms with Gasteiger partial charge in [0.15, 0.2) is 5.78 Å². The van der Waals surface area contributed by atoms with Gasteiger partial charge in [-0.2, -0.15) is 13.2 Å². The summed E-state index contributed by atoms with van der Waals surface area (Å²) in [6.45, 7) is 2.87. The van der Waals surface area contributed by atoms with Crippen LogP contribution in [-0.4, -0.2) is 23.5 Å². The summed E-state index contributed by atoms with van der Waals surface area (Å²) in [6.07, 6.45) is -5.26. The molecule has 6 heteroatoms. The Kier molecular flexibility index (Phi) is 4.92. The molecule has 110 valence electrons. The van der Waals surface area contributed by atoms with E-state index in [4.69, 9.17) is 0 Å². The zero-order valence-electron chi connectivity index (χ0n) is 11.2. The molecule has 0 bridgehead atoms. The first-order chi connectivity index (χ1) is 9.18. The van der Waals surface area contributed by atoms with Crippen molar-refractivity contribution in [1.29, 1.82) is 0 Å². The molecule has 0 N–H and O–H groups in total. The first-order valence-corrected chi connectivity index (χ1v) is 6.06. The van der Waals surface area contributed by atoms with Gasteiger partial charge in [0.05, 0.1) is 6.42 Å². The topological polar surface area (TPSA) is 43.4 Å². The molecule has 0 saturated carbocycles. The standard InChI is InChI=1S/C14H15F3O3/c1-3-13(2,20-12(19)14(15,16)17)9-11(18)10-7-5-4-6-8-10/h4-8H,3,9H2,1-2H3. The maximum Gasteiger partial charge on any atom is 0.490 e. The van der Waals surface area contributed by atoms with Crippen LogP contribution in [0, 0.1) is 0 Å². The Balaban J connectivity index is 2.80. The number of hydrogen-bond acceptors (Lipinski definition) is 3. The smallest absolute Gasteiger partial charge is 0.452 e. The Morgan fingerprint density at radius 2 is 1.70 bits per heavy atom. The molecule has 1 atom stereocenters. The van der Waals surface area contributed by atoms with Crippen LogP contribution in [0.3, 0.4) is 0 Å². The highest BCUT2D eigenvalue weighted by Gasteiger charge is 2.45. The van der Waals surface area contributed by atoms with Crippen LogP contribution in [0.1, 0.15) is 37.0 Å². The molecule has 0 fully saturated rings. The van der Waals surface area contributed by atoms with Gasteiger partial charge in [-0.3, -0.25) is 4.79 Å². The maximum atomic E-state index is 12.2. The predicted octanol–water partition coefficient (Wildman–Crippen LogP) is 3.53. The fourth-order valence-electron chi connectivity index (χ4n) is 1.58. The molecule has 1 rings (SSSR count). The normalized spacial score (nSPS) is 14.4. The number of alkyl halides is 3. The molecular formula is C14H15F3O3. The molecular weight excluding hydrogens is 273 g/mol. The van der Waals surface area contributed by atoms with E-state index in [0.717, 1.165) is 0 Å². The molecule has 1 aromatic carbocycles. The lowest BCUT2D eigenvalue weighted by atomic mass is 9.93. The van der Waals surface area contributed by atoms with Gasteiger partial charge in [0.25, 0.3) is 0 Å². The van der Waals surface area contributed by atoms with Gasteiger partial charge < -0.3 is 4.74 Å². The van der Waals surface area contributed by atoms with E-state index < -0.39 is 17.7 Å². The lowest BCUT2D eigenvalue weighted by molar-refractivity contribution is -0.212. The monoisotopic (exact) mass is 288 g/mol. The van der Waals surface area contributed by atoms with E-state index in [9.17, 15) is 22.8 Å². The molecule has 0 aliphatic rings. The number of ketones is 1. The molecule has 0 aromatic heterocycles. The molecule has 0 aliphatic carbocycles. The molecule has 1 unspecified atom stereocenters. The number of carbonyl (C=O) groups excluding carboxylic acids is 2. The van der Waals surface area contributed by atoms with Crippen LogP contribution >= 0.6 is 0 Å². The SMILES string of the molecule is CCC(C)(CC(=O)c1ccccc1)OC(=O)C(F)(F)F. The van der Waals surface area contributed by atoms with Gasteiger partial charge in [0.1, 0.15) is 5.60 Å². The fourth-order valence-corrected chi connectivity index (χ4v) is 1.58.